The molecule has 0 saturated carbocycles. The average Bonchev–Trinajstić information content (AvgIpc) is 2.90. The summed E-state index contributed by atoms with van der Waals surface area (Å²) in [5.41, 5.74) is 0.535. The summed E-state index contributed by atoms with van der Waals surface area (Å²) >= 11 is 1.07. The van der Waals surface area contributed by atoms with Crippen molar-refractivity contribution in [1.29, 1.82) is 0 Å². The summed E-state index contributed by atoms with van der Waals surface area (Å²) in [6.07, 6.45) is -0.793. The Bertz CT molecular complexity index is 779. The minimum absolute atomic E-state index is 0.222. The van der Waals surface area contributed by atoms with Crippen LogP contribution < -0.4 is 5.32 Å². The van der Waals surface area contributed by atoms with Crippen molar-refractivity contribution in [2.45, 2.75) is 25.8 Å². The fraction of sp³-hybridized carbons (Fsp3) is 0.267. The second-order valence-corrected chi connectivity index (χ2v) is 5.77. The number of carbonyl (C=O) groups excluding carboxylic acids is 1. The molecule has 128 valence electrons. The summed E-state index contributed by atoms with van der Waals surface area (Å²) in [5, 5.41) is 12.9. The molecule has 2 N–H and O–H groups in total. The Morgan fingerprint density at radius 1 is 1.25 bits per heavy atom. The molecule has 0 aliphatic rings. The Kier molecular flexibility index (Phi) is 5.55. The zero-order valence-corrected chi connectivity index (χ0v) is 13.3. The Hall–Kier alpha value is -2.42. The van der Waals surface area contributed by atoms with Crippen molar-refractivity contribution in [3.63, 3.8) is 0 Å². The van der Waals surface area contributed by atoms with Crippen LogP contribution in [0.2, 0.25) is 0 Å². The molecule has 1 aromatic carbocycles. The van der Waals surface area contributed by atoms with Crippen molar-refractivity contribution in [2.24, 2.45) is 0 Å². The van der Waals surface area contributed by atoms with Crippen LogP contribution in [-0.4, -0.2) is 27.4 Å². The summed E-state index contributed by atoms with van der Waals surface area (Å²) < 4.78 is 43.9. The Balaban J connectivity index is 2.20. The number of nitrogens with one attached hydrogen (secondary N) is 1. The topological polar surface area (TPSA) is 79.3 Å². The van der Waals surface area contributed by atoms with Crippen LogP contribution in [0.15, 0.2) is 17.5 Å². The lowest BCUT2D eigenvalue weighted by atomic mass is 10.0. The number of carbonyl (C=O) groups is 2. The van der Waals surface area contributed by atoms with E-state index in [1.807, 2.05) is 0 Å². The van der Waals surface area contributed by atoms with E-state index in [1.165, 1.54) is 5.38 Å². The van der Waals surface area contributed by atoms with Gasteiger partial charge in [-0.3, -0.25) is 9.59 Å². The average molecular weight is 358 g/mol. The first kappa shape index (κ1) is 17.9. The lowest BCUT2D eigenvalue weighted by molar-refractivity contribution is -0.137. The maximum absolute atomic E-state index is 13.7. The molecule has 0 radical (unpaired) electrons. The molecule has 2 rings (SSSR count). The van der Waals surface area contributed by atoms with Gasteiger partial charge in [-0.1, -0.05) is 0 Å². The van der Waals surface area contributed by atoms with Crippen LogP contribution in [0.4, 0.5) is 13.2 Å². The van der Waals surface area contributed by atoms with Crippen molar-refractivity contribution >= 4 is 23.4 Å². The van der Waals surface area contributed by atoms with Gasteiger partial charge in [-0.2, -0.15) is 4.37 Å². The molecule has 1 unspecified atom stereocenters. The Labute approximate surface area is 139 Å². The second-order valence-electron chi connectivity index (χ2n) is 5.14. The normalized spacial score (nSPS) is 12.0. The molecule has 24 heavy (non-hydrogen) atoms. The molecule has 0 spiro atoms. The zero-order valence-electron chi connectivity index (χ0n) is 12.5. The molecule has 2 aromatic rings. The lowest BCUT2D eigenvalue weighted by Crippen LogP contribution is -2.38. The third-order valence-corrected chi connectivity index (χ3v) is 4.03. The number of rotatable bonds is 6. The number of aromatic nitrogens is 1. The van der Waals surface area contributed by atoms with Crippen molar-refractivity contribution < 1.29 is 27.9 Å². The van der Waals surface area contributed by atoms with E-state index in [0.29, 0.717) is 17.8 Å². The van der Waals surface area contributed by atoms with Crippen LogP contribution in [0.1, 0.15) is 28.0 Å². The first-order chi connectivity index (χ1) is 11.3. The van der Waals surface area contributed by atoms with Crippen molar-refractivity contribution in [3.8, 4) is 0 Å². The maximum Gasteiger partial charge on any atom is 0.305 e. The van der Waals surface area contributed by atoms with E-state index in [2.05, 4.69) is 9.69 Å². The number of hydrogen-bond donors (Lipinski definition) is 2. The van der Waals surface area contributed by atoms with Gasteiger partial charge in [0.15, 0.2) is 11.6 Å². The van der Waals surface area contributed by atoms with E-state index < -0.39 is 41.8 Å². The van der Waals surface area contributed by atoms with Crippen molar-refractivity contribution in [2.75, 3.05) is 0 Å². The number of hydrogen-bond acceptors (Lipinski definition) is 4. The van der Waals surface area contributed by atoms with Gasteiger partial charge in [-0.15, -0.1) is 0 Å². The fourth-order valence-corrected chi connectivity index (χ4v) is 2.84. The molecular weight excluding hydrogens is 345 g/mol. The fourth-order valence-electron chi connectivity index (χ4n) is 2.14. The van der Waals surface area contributed by atoms with Gasteiger partial charge in [-0.25, -0.2) is 13.2 Å². The van der Waals surface area contributed by atoms with Gasteiger partial charge >= 0.3 is 5.97 Å². The molecule has 1 amide bonds. The van der Waals surface area contributed by atoms with Crippen LogP contribution in [0.25, 0.3) is 0 Å². The van der Waals surface area contributed by atoms with Gasteiger partial charge in [0.1, 0.15) is 5.82 Å². The van der Waals surface area contributed by atoms with Crippen molar-refractivity contribution in [3.05, 3.63) is 51.8 Å². The number of benzene rings is 1. The van der Waals surface area contributed by atoms with Crippen LogP contribution >= 0.6 is 11.5 Å². The highest BCUT2D eigenvalue weighted by Crippen LogP contribution is 2.17. The van der Waals surface area contributed by atoms with Gasteiger partial charge in [0, 0.05) is 17.5 Å². The van der Waals surface area contributed by atoms with Gasteiger partial charge in [0.2, 0.25) is 0 Å². The molecule has 0 bridgehead atoms. The number of carboxylic acids is 1. The largest absolute Gasteiger partial charge is 0.481 e. The third kappa shape index (κ3) is 4.31. The van der Waals surface area contributed by atoms with Crippen molar-refractivity contribution in [1.82, 2.24) is 9.69 Å². The summed E-state index contributed by atoms with van der Waals surface area (Å²) in [7, 11) is 0. The molecule has 0 aliphatic carbocycles. The maximum atomic E-state index is 13.7. The zero-order chi connectivity index (χ0) is 17.9. The number of aryl methyl sites for hydroxylation is 1. The van der Waals surface area contributed by atoms with E-state index in [9.17, 15) is 22.8 Å². The van der Waals surface area contributed by atoms with Gasteiger partial charge < -0.3 is 10.4 Å². The van der Waals surface area contributed by atoms with Gasteiger partial charge in [0.25, 0.3) is 5.91 Å². The number of amides is 1. The minimum atomic E-state index is -1.34. The van der Waals surface area contributed by atoms with E-state index in [4.69, 9.17) is 5.11 Å². The van der Waals surface area contributed by atoms with Gasteiger partial charge in [0.05, 0.1) is 17.7 Å². The number of halogens is 3. The van der Waals surface area contributed by atoms with E-state index in [-0.39, 0.29) is 17.5 Å². The van der Waals surface area contributed by atoms with Crippen LogP contribution in [0.3, 0.4) is 0 Å². The first-order valence-electron chi connectivity index (χ1n) is 6.85. The molecule has 5 nitrogen and oxygen atoms in total. The van der Waals surface area contributed by atoms with Crippen LogP contribution in [0.5, 0.6) is 0 Å². The SMILES string of the molecule is Cc1nscc1C(=O)NC(CC(=O)O)Cc1cc(F)c(F)cc1F. The molecule has 0 fully saturated rings. The molecule has 1 aromatic heterocycles. The molecule has 0 saturated heterocycles. The number of carboxylic acid groups (broad SMARTS) is 1. The minimum Gasteiger partial charge on any atom is -0.481 e. The smallest absolute Gasteiger partial charge is 0.305 e. The quantitative estimate of drug-likeness (QED) is 0.778. The number of nitrogens with zero attached hydrogens (tertiary/aromatic N) is 1. The Morgan fingerprint density at radius 2 is 1.92 bits per heavy atom. The molecule has 0 aliphatic heterocycles. The van der Waals surface area contributed by atoms with Crippen LogP contribution in [-0.2, 0) is 11.2 Å². The summed E-state index contributed by atoms with van der Waals surface area (Å²) in [6.45, 7) is 1.62. The van der Waals surface area contributed by atoms with E-state index >= 15 is 0 Å². The monoisotopic (exact) mass is 358 g/mol. The standard InChI is InChI=1S/C15H13F3N2O3S/c1-7-10(6-24-20-7)15(23)19-9(4-14(21)22)2-8-3-12(17)13(18)5-11(8)16/h3,5-6,9H,2,4H2,1H3,(H,19,23)(H,21,22). The van der Waals surface area contributed by atoms with Crippen LogP contribution in [0, 0.1) is 24.4 Å². The highest BCUT2D eigenvalue weighted by atomic mass is 32.1. The molecular formula is C15H13F3N2O3S. The summed E-state index contributed by atoms with van der Waals surface area (Å²) in [4.78, 5) is 23.1. The lowest BCUT2D eigenvalue weighted by Gasteiger charge is -2.17. The summed E-state index contributed by atoms with van der Waals surface area (Å²) in [6, 6.07) is 0.0500. The predicted molar refractivity (Wildman–Crippen MR) is 80.4 cm³/mol. The van der Waals surface area contributed by atoms with E-state index in [0.717, 1.165) is 11.5 Å². The third-order valence-electron chi connectivity index (χ3n) is 3.31. The number of aliphatic carboxylic acids is 1. The van der Waals surface area contributed by atoms with E-state index in [1.54, 1.807) is 6.92 Å². The first-order valence-corrected chi connectivity index (χ1v) is 7.68. The second kappa shape index (κ2) is 7.43. The highest BCUT2D eigenvalue weighted by Gasteiger charge is 2.21. The Morgan fingerprint density at radius 3 is 2.50 bits per heavy atom. The molecule has 1 heterocycles. The highest BCUT2D eigenvalue weighted by molar-refractivity contribution is 7.03. The summed E-state index contributed by atoms with van der Waals surface area (Å²) in [5.74, 6) is -5.37. The molecule has 9 heteroatoms. The van der Waals surface area contributed by atoms with Gasteiger partial charge in [-0.05, 0) is 36.5 Å². The molecule has 1 atom stereocenters. The predicted octanol–water partition coefficient (Wildman–Crippen LogP) is 2.68.